The first-order valence-electron chi connectivity index (χ1n) is 7.48. The molecule has 3 aromatic rings. The maximum absolute atomic E-state index is 12.8. The van der Waals surface area contributed by atoms with Gasteiger partial charge in [0.05, 0.1) is 22.3 Å². The molecule has 0 saturated heterocycles. The number of rotatable bonds is 5. The number of nitrogens with zero attached hydrogens (tertiary/aromatic N) is 2. The number of alkyl halides is 3. The lowest BCUT2D eigenvalue weighted by atomic mass is 10.2. The fourth-order valence-electron chi connectivity index (χ4n) is 2.14. The summed E-state index contributed by atoms with van der Waals surface area (Å²) in [6.45, 7) is 0. The van der Waals surface area contributed by atoms with Crippen molar-refractivity contribution in [2.75, 3.05) is 4.72 Å². The van der Waals surface area contributed by atoms with Crippen molar-refractivity contribution in [2.45, 2.75) is 11.1 Å². The van der Waals surface area contributed by atoms with Gasteiger partial charge in [0, 0.05) is 18.5 Å². The molecule has 0 unspecified atom stereocenters. The molecule has 0 fully saturated rings. The molecule has 10 heteroatoms. The third-order valence-corrected chi connectivity index (χ3v) is 4.70. The number of halogens is 3. The molecule has 0 atom stereocenters. The second kappa shape index (κ2) is 7.23. The summed E-state index contributed by atoms with van der Waals surface area (Å²) in [6, 6.07) is 9.39. The summed E-state index contributed by atoms with van der Waals surface area (Å²) in [7, 11) is -4.22. The predicted octanol–water partition coefficient (Wildman–Crippen LogP) is 4.09. The smallest absolute Gasteiger partial charge is 0.416 e. The van der Waals surface area contributed by atoms with E-state index in [0.717, 1.165) is 18.2 Å². The Labute approximate surface area is 152 Å². The van der Waals surface area contributed by atoms with Crippen LogP contribution in [0.5, 0.6) is 11.6 Å². The fourth-order valence-corrected chi connectivity index (χ4v) is 3.23. The lowest BCUT2D eigenvalue weighted by molar-refractivity contribution is -0.137. The van der Waals surface area contributed by atoms with E-state index in [9.17, 15) is 21.6 Å². The van der Waals surface area contributed by atoms with E-state index >= 15 is 0 Å². The number of sulfonamides is 1. The molecule has 1 N–H and O–H groups in total. The number of ether oxygens (including phenoxy) is 1. The van der Waals surface area contributed by atoms with E-state index in [4.69, 9.17) is 4.74 Å². The highest BCUT2D eigenvalue weighted by Gasteiger charge is 2.31. The molecule has 0 amide bonds. The van der Waals surface area contributed by atoms with Gasteiger partial charge in [0.15, 0.2) is 0 Å². The monoisotopic (exact) mass is 395 g/mol. The highest BCUT2D eigenvalue weighted by Crippen LogP contribution is 2.31. The Balaban J connectivity index is 1.83. The number of aromatic nitrogens is 2. The van der Waals surface area contributed by atoms with Crippen molar-refractivity contribution in [1.29, 1.82) is 0 Å². The van der Waals surface area contributed by atoms with E-state index in [1.165, 1.54) is 36.8 Å². The molecule has 0 saturated carbocycles. The van der Waals surface area contributed by atoms with Crippen molar-refractivity contribution in [1.82, 2.24) is 9.97 Å². The number of nitrogens with one attached hydrogen (secondary N) is 1. The van der Waals surface area contributed by atoms with Crippen LogP contribution in [0.15, 0.2) is 72.0 Å². The lowest BCUT2D eigenvalue weighted by Crippen LogP contribution is -2.14. The van der Waals surface area contributed by atoms with Crippen molar-refractivity contribution < 1.29 is 26.3 Å². The zero-order valence-electron chi connectivity index (χ0n) is 13.5. The minimum Gasteiger partial charge on any atom is -0.437 e. The Morgan fingerprint density at radius 3 is 2.48 bits per heavy atom. The summed E-state index contributed by atoms with van der Waals surface area (Å²) in [5.74, 6) is 0.482. The average Bonchev–Trinajstić information content (AvgIpc) is 2.62. The second-order valence-corrected chi connectivity index (χ2v) is 6.99. The highest BCUT2D eigenvalue weighted by molar-refractivity contribution is 7.92. The van der Waals surface area contributed by atoms with E-state index in [1.54, 1.807) is 6.07 Å². The van der Waals surface area contributed by atoms with Crippen LogP contribution in [0, 0.1) is 0 Å². The van der Waals surface area contributed by atoms with Crippen molar-refractivity contribution >= 4 is 15.7 Å². The van der Waals surface area contributed by atoms with E-state index < -0.39 is 26.7 Å². The van der Waals surface area contributed by atoms with Crippen LogP contribution in [0.25, 0.3) is 0 Å². The summed E-state index contributed by atoms with van der Waals surface area (Å²) in [4.78, 5) is 7.27. The molecule has 140 valence electrons. The van der Waals surface area contributed by atoms with E-state index in [2.05, 4.69) is 14.7 Å². The first-order chi connectivity index (χ1) is 12.7. The lowest BCUT2D eigenvalue weighted by Gasteiger charge is -2.12. The van der Waals surface area contributed by atoms with Gasteiger partial charge in [-0.1, -0.05) is 12.1 Å². The van der Waals surface area contributed by atoms with Gasteiger partial charge in [0.2, 0.25) is 5.88 Å². The molecule has 1 aromatic heterocycles. The first kappa shape index (κ1) is 18.6. The number of benzene rings is 2. The minimum atomic E-state index is -4.64. The predicted molar refractivity (Wildman–Crippen MR) is 90.8 cm³/mol. The molecule has 3 rings (SSSR count). The molecule has 0 radical (unpaired) electrons. The van der Waals surface area contributed by atoms with Crippen LogP contribution in [0.3, 0.4) is 0 Å². The third kappa shape index (κ3) is 4.73. The zero-order valence-corrected chi connectivity index (χ0v) is 14.3. The largest absolute Gasteiger partial charge is 0.437 e. The Hall–Kier alpha value is -3.14. The van der Waals surface area contributed by atoms with Crippen LogP contribution in [0.1, 0.15) is 5.56 Å². The number of hydrogen-bond donors (Lipinski definition) is 1. The maximum atomic E-state index is 12.8. The molecule has 0 spiro atoms. The van der Waals surface area contributed by atoms with Crippen molar-refractivity contribution in [3.05, 3.63) is 72.7 Å². The van der Waals surface area contributed by atoms with Gasteiger partial charge in [-0.05, 0) is 30.3 Å². The van der Waals surface area contributed by atoms with E-state index in [-0.39, 0.29) is 17.3 Å². The molecule has 0 aliphatic rings. The van der Waals surface area contributed by atoms with Gasteiger partial charge >= 0.3 is 6.18 Å². The summed E-state index contributed by atoms with van der Waals surface area (Å²) in [5.41, 5.74) is -0.932. The molecular formula is C17H12F3N3O3S. The van der Waals surface area contributed by atoms with Crippen LogP contribution in [-0.2, 0) is 16.2 Å². The molecule has 6 nitrogen and oxygen atoms in total. The van der Waals surface area contributed by atoms with Crippen molar-refractivity contribution in [2.24, 2.45) is 0 Å². The number of anilines is 1. The molecule has 2 aromatic carbocycles. The molecule has 0 aliphatic heterocycles. The van der Waals surface area contributed by atoms with Gasteiger partial charge < -0.3 is 4.74 Å². The Morgan fingerprint density at radius 2 is 1.78 bits per heavy atom. The third-order valence-electron chi connectivity index (χ3n) is 3.32. The SMILES string of the molecule is O=S(=O)(Nc1cccc(Oc2cnccn2)c1)c1cccc(C(F)(F)F)c1. The zero-order chi connectivity index (χ0) is 19.5. The minimum absolute atomic E-state index is 0.119. The summed E-state index contributed by atoms with van der Waals surface area (Å²) in [5, 5.41) is 0. The standard InChI is InChI=1S/C17H12F3N3O3S/c18-17(19,20)12-3-1-6-15(9-12)27(24,25)23-13-4-2-5-14(10-13)26-16-11-21-7-8-22-16/h1-11,23H. The quantitative estimate of drug-likeness (QED) is 0.704. The first-order valence-corrected chi connectivity index (χ1v) is 8.96. The van der Waals surface area contributed by atoms with Gasteiger partial charge in [0.1, 0.15) is 5.75 Å². The van der Waals surface area contributed by atoms with Gasteiger partial charge in [-0.2, -0.15) is 13.2 Å². The average molecular weight is 395 g/mol. The molecular weight excluding hydrogens is 383 g/mol. The molecule has 0 aliphatic carbocycles. The van der Waals surface area contributed by atoms with Crippen LogP contribution in [-0.4, -0.2) is 18.4 Å². The van der Waals surface area contributed by atoms with Crippen LogP contribution < -0.4 is 9.46 Å². The molecule has 0 bridgehead atoms. The number of hydrogen-bond acceptors (Lipinski definition) is 5. The highest BCUT2D eigenvalue weighted by atomic mass is 32.2. The topological polar surface area (TPSA) is 81.2 Å². The van der Waals surface area contributed by atoms with Crippen LogP contribution in [0.2, 0.25) is 0 Å². The van der Waals surface area contributed by atoms with Crippen LogP contribution in [0.4, 0.5) is 18.9 Å². The molecule has 1 heterocycles. The normalized spacial score (nSPS) is 11.8. The van der Waals surface area contributed by atoms with Crippen molar-refractivity contribution in [3.63, 3.8) is 0 Å². The van der Waals surface area contributed by atoms with Gasteiger partial charge in [0.25, 0.3) is 10.0 Å². The van der Waals surface area contributed by atoms with E-state index in [0.29, 0.717) is 6.07 Å². The maximum Gasteiger partial charge on any atom is 0.416 e. The Morgan fingerprint density at radius 1 is 1.00 bits per heavy atom. The van der Waals surface area contributed by atoms with Crippen LogP contribution >= 0.6 is 0 Å². The Bertz CT molecular complexity index is 1040. The van der Waals surface area contributed by atoms with Crippen molar-refractivity contribution in [3.8, 4) is 11.6 Å². The summed E-state index contributed by atoms with van der Waals surface area (Å²) >= 11 is 0. The fraction of sp³-hybridized carbons (Fsp3) is 0.0588. The second-order valence-electron chi connectivity index (χ2n) is 5.30. The Kier molecular flexibility index (Phi) is 5.00. The van der Waals surface area contributed by atoms with Gasteiger partial charge in [-0.15, -0.1) is 0 Å². The summed E-state index contributed by atoms with van der Waals surface area (Å²) in [6.07, 6.45) is -0.377. The van der Waals surface area contributed by atoms with Gasteiger partial charge in [-0.25, -0.2) is 13.4 Å². The summed E-state index contributed by atoms with van der Waals surface area (Å²) < 4.78 is 70.9. The van der Waals surface area contributed by atoms with Gasteiger partial charge in [-0.3, -0.25) is 9.71 Å². The molecule has 27 heavy (non-hydrogen) atoms. The van der Waals surface area contributed by atoms with E-state index in [1.807, 2.05) is 0 Å².